The van der Waals surface area contributed by atoms with Crippen LogP contribution in [0.4, 0.5) is 0 Å². The number of aryl methyl sites for hydroxylation is 1. The molecular formula is C19H26N2O. The van der Waals surface area contributed by atoms with Crippen molar-refractivity contribution >= 4 is 16.7 Å². The molecule has 3 heteroatoms. The molecule has 0 bridgehead atoms. The van der Waals surface area contributed by atoms with Crippen LogP contribution in [0.3, 0.4) is 0 Å². The Hall–Kier alpha value is -1.87. The van der Waals surface area contributed by atoms with Gasteiger partial charge in [0.05, 0.1) is 0 Å². The lowest BCUT2D eigenvalue weighted by Crippen LogP contribution is -2.49. The van der Waals surface area contributed by atoms with Crippen LogP contribution in [0.25, 0.3) is 10.8 Å². The molecule has 0 heterocycles. The van der Waals surface area contributed by atoms with E-state index in [-0.39, 0.29) is 11.4 Å². The maximum Gasteiger partial charge on any atom is 0.220 e. The summed E-state index contributed by atoms with van der Waals surface area (Å²) in [5.74, 6) is 0.0740. The lowest BCUT2D eigenvalue weighted by molar-refractivity contribution is -0.121. The molecule has 2 aromatic rings. The van der Waals surface area contributed by atoms with E-state index in [9.17, 15) is 4.79 Å². The van der Waals surface area contributed by atoms with Gasteiger partial charge in [0.15, 0.2) is 0 Å². The van der Waals surface area contributed by atoms with Crippen LogP contribution < -0.4 is 11.1 Å². The van der Waals surface area contributed by atoms with E-state index < -0.39 is 0 Å². The van der Waals surface area contributed by atoms with Gasteiger partial charge in [0, 0.05) is 18.5 Å². The Morgan fingerprint density at radius 3 is 2.45 bits per heavy atom. The molecule has 3 N–H and O–H groups in total. The average Bonchev–Trinajstić information content (AvgIpc) is 2.57. The molecule has 0 radical (unpaired) electrons. The fourth-order valence-corrected chi connectivity index (χ4v) is 2.52. The predicted octanol–water partition coefficient (Wildman–Crippen LogP) is 3.41. The van der Waals surface area contributed by atoms with E-state index in [1.807, 2.05) is 12.1 Å². The fourth-order valence-electron chi connectivity index (χ4n) is 2.52. The minimum absolute atomic E-state index is 0.0740. The van der Waals surface area contributed by atoms with Gasteiger partial charge in [0.1, 0.15) is 0 Å². The van der Waals surface area contributed by atoms with Gasteiger partial charge in [-0.25, -0.2) is 0 Å². The first-order chi connectivity index (χ1) is 10.6. The summed E-state index contributed by atoms with van der Waals surface area (Å²) in [6, 6.07) is 14.6. The third-order valence-corrected chi connectivity index (χ3v) is 4.50. The quantitative estimate of drug-likeness (QED) is 0.823. The molecule has 0 unspecified atom stereocenters. The van der Waals surface area contributed by atoms with Crippen molar-refractivity contribution in [1.29, 1.82) is 0 Å². The van der Waals surface area contributed by atoms with E-state index in [4.69, 9.17) is 5.73 Å². The van der Waals surface area contributed by atoms with E-state index in [0.29, 0.717) is 13.0 Å². The number of hydrogen-bond donors (Lipinski definition) is 2. The Labute approximate surface area is 132 Å². The highest BCUT2D eigenvalue weighted by Crippen LogP contribution is 2.16. The summed E-state index contributed by atoms with van der Waals surface area (Å²) in [7, 11) is 0. The van der Waals surface area contributed by atoms with Crippen LogP contribution in [0.1, 0.15) is 38.7 Å². The molecule has 1 amide bonds. The van der Waals surface area contributed by atoms with Crippen LogP contribution in [0.15, 0.2) is 42.5 Å². The summed E-state index contributed by atoms with van der Waals surface area (Å²) in [6.45, 7) is 4.67. The first-order valence-corrected chi connectivity index (χ1v) is 8.09. The van der Waals surface area contributed by atoms with E-state index in [0.717, 1.165) is 19.3 Å². The normalized spacial score (nSPS) is 11.6. The number of hydrogen-bond acceptors (Lipinski definition) is 2. The van der Waals surface area contributed by atoms with Crippen molar-refractivity contribution in [2.45, 2.75) is 45.1 Å². The number of nitrogens with two attached hydrogens (primary N) is 1. The van der Waals surface area contributed by atoms with Gasteiger partial charge in [-0.05, 0) is 35.6 Å². The molecule has 2 aromatic carbocycles. The zero-order chi connectivity index (χ0) is 16.0. The second-order valence-electron chi connectivity index (χ2n) is 6.03. The average molecular weight is 298 g/mol. The maximum atomic E-state index is 12.0. The summed E-state index contributed by atoms with van der Waals surface area (Å²) in [4.78, 5) is 12.0. The molecule has 0 aliphatic carbocycles. The molecular weight excluding hydrogens is 272 g/mol. The summed E-state index contributed by atoms with van der Waals surface area (Å²) >= 11 is 0. The highest BCUT2D eigenvalue weighted by molar-refractivity contribution is 5.83. The van der Waals surface area contributed by atoms with Gasteiger partial charge in [-0.3, -0.25) is 4.79 Å². The summed E-state index contributed by atoms with van der Waals surface area (Å²) in [5.41, 5.74) is 7.11. The molecule has 0 spiro atoms. The Morgan fingerprint density at radius 1 is 1.09 bits per heavy atom. The monoisotopic (exact) mass is 298 g/mol. The van der Waals surface area contributed by atoms with Gasteiger partial charge in [-0.2, -0.15) is 0 Å². The molecule has 3 nitrogen and oxygen atoms in total. The van der Waals surface area contributed by atoms with Crippen molar-refractivity contribution in [1.82, 2.24) is 5.32 Å². The molecule has 0 aliphatic rings. The minimum Gasteiger partial charge on any atom is -0.354 e. The highest BCUT2D eigenvalue weighted by Gasteiger charge is 2.20. The topological polar surface area (TPSA) is 55.1 Å². The standard InChI is InChI=1S/C19H26N2O/c1-3-19(20,4-2)14-21-18(22)12-10-15-9-11-16-7-5-6-8-17(16)13-15/h5-9,11,13H,3-4,10,12,14,20H2,1-2H3,(H,21,22). The molecule has 22 heavy (non-hydrogen) atoms. The second-order valence-corrected chi connectivity index (χ2v) is 6.03. The smallest absolute Gasteiger partial charge is 0.220 e. The lowest BCUT2D eigenvalue weighted by atomic mass is 9.94. The number of fused-ring (bicyclic) bond motifs is 1. The Morgan fingerprint density at radius 2 is 1.77 bits per heavy atom. The van der Waals surface area contributed by atoms with Crippen LogP contribution >= 0.6 is 0 Å². The maximum absolute atomic E-state index is 12.0. The van der Waals surface area contributed by atoms with Crippen LogP contribution in [-0.4, -0.2) is 18.0 Å². The van der Waals surface area contributed by atoms with Crippen LogP contribution in [0.2, 0.25) is 0 Å². The molecule has 0 aliphatic heterocycles. The van der Waals surface area contributed by atoms with Gasteiger partial charge in [0.25, 0.3) is 0 Å². The van der Waals surface area contributed by atoms with E-state index >= 15 is 0 Å². The van der Waals surface area contributed by atoms with Crippen molar-refractivity contribution in [3.63, 3.8) is 0 Å². The van der Waals surface area contributed by atoms with Crippen LogP contribution in [-0.2, 0) is 11.2 Å². The highest BCUT2D eigenvalue weighted by atomic mass is 16.1. The molecule has 0 atom stereocenters. The third kappa shape index (κ3) is 4.31. The fraction of sp³-hybridized carbons (Fsp3) is 0.421. The molecule has 0 saturated heterocycles. The van der Waals surface area contributed by atoms with E-state index in [1.165, 1.54) is 16.3 Å². The first-order valence-electron chi connectivity index (χ1n) is 8.09. The number of nitrogens with one attached hydrogen (secondary N) is 1. The largest absolute Gasteiger partial charge is 0.354 e. The molecule has 0 fully saturated rings. The van der Waals surface area contributed by atoms with Crippen molar-refractivity contribution in [2.75, 3.05) is 6.54 Å². The van der Waals surface area contributed by atoms with Crippen molar-refractivity contribution in [3.05, 3.63) is 48.0 Å². The number of carbonyl (C=O) groups is 1. The van der Waals surface area contributed by atoms with Crippen molar-refractivity contribution in [2.24, 2.45) is 5.73 Å². The third-order valence-electron chi connectivity index (χ3n) is 4.50. The van der Waals surface area contributed by atoms with Crippen LogP contribution in [0, 0.1) is 0 Å². The van der Waals surface area contributed by atoms with Crippen molar-refractivity contribution < 1.29 is 4.79 Å². The Kier molecular flexibility index (Phi) is 5.56. The second kappa shape index (κ2) is 7.41. The zero-order valence-electron chi connectivity index (χ0n) is 13.6. The van der Waals surface area contributed by atoms with Crippen molar-refractivity contribution in [3.8, 4) is 0 Å². The SMILES string of the molecule is CCC(N)(CC)CNC(=O)CCc1ccc2ccccc2c1. The van der Waals surface area contributed by atoms with Gasteiger partial charge in [-0.1, -0.05) is 56.3 Å². The van der Waals surface area contributed by atoms with Gasteiger partial charge < -0.3 is 11.1 Å². The summed E-state index contributed by atoms with van der Waals surface area (Å²) < 4.78 is 0. The number of benzene rings is 2. The van der Waals surface area contributed by atoms with Crippen LogP contribution in [0.5, 0.6) is 0 Å². The van der Waals surface area contributed by atoms with Gasteiger partial charge >= 0.3 is 0 Å². The lowest BCUT2D eigenvalue weighted by Gasteiger charge is -2.26. The Balaban J connectivity index is 1.87. The van der Waals surface area contributed by atoms with Gasteiger partial charge in [0.2, 0.25) is 5.91 Å². The first kappa shape index (κ1) is 16.5. The number of rotatable bonds is 7. The number of carbonyl (C=O) groups excluding carboxylic acids is 1. The Bertz CT molecular complexity index is 632. The molecule has 2 rings (SSSR count). The molecule has 118 valence electrons. The van der Waals surface area contributed by atoms with Gasteiger partial charge in [-0.15, -0.1) is 0 Å². The molecule has 0 aromatic heterocycles. The minimum atomic E-state index is -0.279. The predicted molar refractivity (Wildman–Crippen MR) is 92.8 cm³/mol. The number of amides is 1. The van der Waals surface area contributed by atoms with E-state index in [2.05, 4.69) is 49.5 Å². The van der Waals surface area contributed by atoms with E-state index in [1.54, 1.807) is 0 Å². The zero-order valence-corrected chi connectivity index (χ0v) is 13.6. The molecule has 0 saturated carbocycles. The summed E-state index contributed by atoms with van der Waals surface area (Å²) in [6.07, 6.45) is 3.00. The summed E-state index contributed by atoms with van der Waals surface area (Å²) in [5, 5.41) is 5.42.